The molecular formula is C24H25N3O6. The van der Waals surface area contributed by atoms with Crippen molar-refractivity contribution in [1.82, 2.24) is 0 Å². The number of esters is 1. The van der Waals surface area contributed by atoms with Crippen molar-refractivity contribution in [2.45, 2.75) is 12.8 Å². The summed E-state index contributed by atoms with van der Waals surface area (Å²) >= 11 is 0. The van der Waals surface area contributed by atoms with Crippen LogP contribution in [0.15, 0.2) is 59.3 Å². The number of anilines is 1. The summed E-state index contributed by atoms with van der Waals surface area (Å²) in [5, 5.41) is 0. The lowest BCUT2D eigenvalue weighted by atomic mass is 10.0. The Bertz CT molecular complexity index is 1100. The van der Waals surface area contributed by atoms with Gasteiger partial charge >= 0.3 is 12.1 Å². The highest BCUT2D eigenvalue weighted by molar-refractivity contribution is 6.29. The lowest BCUT2D eigenvalue weighted by Gasteiger charge is -2.17. The minimum atomic E-state index is -0.791. The first kappa shape index (κ1) is 23.5. The molecule has 2 N–H and O–H groups in total. The predicted molar refractivity (Wildman–Crippen MR) is 123 cm³/mol. The van der Waals surface area contributed by atoms with Gasteiger partial charge in [0.2, 0.25) is 0 Å². The van der Waals surface area contributed by atoms with Crippen molar-refractivity contribution in [3.8, 4) is 0 Å². The number of aliphatic imine (C=N–C) groups is 1. The molecule has 0 aromatic heterocycles. The molecule has 0 atom stereocenters. The van der Waals surface area contributed by atoms with Gasteiger partial charge in [0.25, 0.3) is 5.91 Å². The van der Waals surface area contributed by atoms with E-state index in [-0.39, 0.29) is 24.3 Å². The van der Waals surface area contributed by atoms with Crippen LogP contribution < -0.4 is 10.6 Å². The summed E-state index contributed by atoms with van der Waals surface area (Å²) in [4.78, 5) is 41.1. The van der Waals surface area contributed by atoms with Crippen molar-refractivity contribution >= 4 is 35.1 Å². The molecule has 0 bridgehead atoms. The Balaban J connectivity index is 1.77. The Kier molecular flexibility index (Phi) is 7.45. The van der Waals surface area contributed by atoms with Gasteiger partial charge in [-0.2, -0.15) is 4.99 Å². The van der Waals surface area contributed by atoms with E-state index >= 15 is 0 Å². The molecule has 0 saturated carbocycles. The van der Waals surface area contributed by atoms with Gasteiger partial charge in [-0.1, -0.05) is 24.3 Å². The second-order valence-corrected chi connectivity index (χ2v) is 7.18. The minimum absolute atomic E-state index is 0.0184. The number of carbonyl (C=O) groups excluding carboxylic acids is 3. The molecule has 2 aromatic carbocycles. The van der Waals surface area contributed by atoms with Gasteiger partial charge in [0.1, 0.15) is 11.6 Å². The molecular weight excluding hydrogens is 426 g/mol. The molecule has 9 nitrogen and oxygen atoms in total. The Hall–Kier alpha value is -4.14. The molecule has 0 unspecified atom stereocenters. The molecule has 2 aromatic rings. The summed E-state index contributed by atoms with van der Waals surface area (Å²) in [6.45, 7) is 0.278. The number of nitrogens with zero attached hydrogens (tertiary/aromatic N) is 2. The zero-order valence-corrected chi connectivity index (χ0v) is 18.7. The van der Waals surface area contributed by atoms with Gasteiger partial charge in [-0.15, -0.1) is 0 Å². The molecule has 3 rings (SSSR count). The first-order chi connectivity index (χ1) is 15.9. The van der Waals surface area contributed by atoms with E-state index < -0.39 is 6.09 Å². The van der Waals surface area contributed by atoms with E-state index in [2.05, 4.69) is 14.5 Å². The zero-order chi connectivity index (χ0) is 24.0. The van der Waals surface area contributed by atoms with E-state index in [1.807, 2.05) is 24.3 Å². The van der Waals surface area contributed by atoms with Gasteiger partial charge in [-0.25, -0.2) is 4.79 Å². The highest BCUT2D eigenvalue weighted by Crippen LogP contribution is 2.32. The van der Waals surface area contributed by atoms with Gasteiger partial charge in [-0.3, -0.25) is 9.59 Å². The summed E-state index contributed by atoms with van der Waals surface area (Å²) in [6, 6.07) is 14.2. The highest BCUT2D eigenvalue weighted by Gasteiger charge is 2.33. The van der Waals surface area contributed by atoms with Gasteiger partial charge in [0, 0.05) is 17.7 Å². The first-order valence-corrected chi connectivity index (χ1v) is 10.2. The second kappa shape index (κ2) is 10.4. The van der Waals surface area contributed by atoms with Crippen LogP contribution in [-0.2, 0) is 30.2 Å². The molecule has 1 aliphatic heterocycles. The third-order valence-electron chi connectivity index (χ3n) is 5.24. The van der Waals surface area contributed by atoms with Gasteiger partial charge in [-0.05, 0) is 41.8 Å². The van der Waals surface area contributed by atoms with Crippen molar-refractivity contribution < 1.29 is 28.6 Å². The summed E-state index contributed by atoms with van der Waals surface area (Å²) in [5.74, 6) is 0.107. The summed E-state index contributed by atoms with van der Waals surface area (Å²) in [7, 11) is 4.11. The fraction of sp³-hybridized carbons (Fsp3) is 0.250. The first-order valence-electron chi connectivity index (χ1n) is 10.2. The van der Waals surface area contributed by atoms with Crippen LogP contribution in [-0.4, -0.2) is 51.7 Å². The Morgan fingerprint density at radius 1 is 1.00 bits per heavy atom. The maximum Gasteiger partial charge on any atom is 0.435 e. The average Bonchev–Trinajstić information content (AvgIpc) is 3.18. The van der Waals surface area contributed by atoms with Crippen molar-refractivity contribution in [3.05, 3.63) is 71.0 Å². The number of hydrogen-bond donors (Lipinski definition) is 1. The van der Waals surface area contributed by atoms with Crippen LogP contribution in [0.5, 0.6) is 0 Å². The molecule has 9 heteroatoms. The average molecular weight is 451 g/mol. The van der Waals surface area contributed by atoms with E-state index in [0.29, 0.717) is 35.4 Å². The van der Waals surface area contributed by atoms with E-state index in [9.17, 15) is 14.4 Å². The predicted octanol–water partition coefficient (Wildman–Crippen LogP) is 2.67. The van der Waals surface area contributed by atoms with E-state index in [1.54, 1.807) is 29.2 Å². The normalized spacial score (nSPS) is 13.8. The van der Waals surface area contributed by atoms with Crippen molar-refractivity contribution in [2.24, 2.45) is 10.7 Å². The number of ether oxygens (including phenoxy) is 3. The number of nitrogens with two attached hydrogens (primary N) is 1. The number of carbonyl (C=O) groups is 3. The summed E-state index contributed by atoms with van der Waals surface area (Å²) in [6.07, 6.45) is 0.0541. The van der Waals surface area contributed by atoms with E-state index in [1.165, 1.54) is 21.3 Å². The van der Waals surface area contributed by atoms with E-state index in [4.69, 9.17) is 10.5 Å². The summed E-state index contributed by atoms with van der Waals surface area (Å²) in [5.41, 5.74) is 9.16. The fourth-order valence-electron chi connectivity index (χ4n) is 3.42. The van der Waals surface area contributed by atoms with Gasteiger partial charge in [0.15, 0.2) is 0 Å². The number of rotatable bonds is 7. The lowest BCUT2D eigenvalue weighted by Crippen LogP contribution is -2.26. The van der Waals surface area contributed by atoms with Crippen LogP contribution in [0.2, 0.25) is 0 Å². The molecule has 0 spiro atoms. The Morgan fingerprint density at radius 3 is 2.24 bits per heavy atom. The largest absolute Gasteiger partial charge is 0.498 e. The number of aryl methyl sites for hydroxylation is 1. The van der Waals surface area contributed by atoms with E-state index in [0.717, 1.165) is 11.1 Å². The zero-order valence-electron chi connectivity index (χ0n) is 18.7. The van der Waals surface area contributed by atoms with Crippen molar-refractivity contribution in [3.63, 3.8) is 0 Å². The highest BCUT2D eigenvalue weighted by atomic mass is 16.5. The van der Waals surface area contributed by atoms with Gasteiger partial charge in [0.05, 0.1) is 33.4 Å². The number of amidine groups is 1. The Morgan fingerprint density at radius 2 is 1.67 bits per heavy atom. The van der Waals surface area contributed by atoms with Crippen LogP contribution in [0.3, 0.4) is 0 Å². The molecule has 1 heterocycles. The molecule has 0 saturated heterocycles. The van der Waals surface area contributed by atoms with Crippen LogP contribution in [0.1, 0.15) is 23.1 Å². The van der Waals surface area contributed by atoms with Gasteiger partial charge < -0.3 is 24.8 Å². The SMILES string of the molecule is COC(=O)CCc1ccc(C2=C(OC)CN(c3ccc(/C(N)=N\C(=O)OC)cc3)C2=O)cc1. The molecule has 172 valence electrons. The number of hydrogen-bond acceptors (Lipinski definition) is 6. The van der Waals surface area contributed by atoms with Crippen LogP contribution in [0, 0.1) is 0 Å². The third kappa shape index (κ3) is 5.38. The minimum Gasteiger partial charge on any atom is -0.498 e. The molecule has 0 radical (unpaired) electrons. The van der Waals surface area contributed by atoms with Crippen LogP contribution in [0.4, 0.5) is 10.5 Å². The molecule has 0 aliphatic carbocycles. The maximum absolute atomic E-state index is 13.2. The third-order valence-corrected chi connectivity index (χ3v) is 5.24. The number of methoxy groups -OCH3 is 3. The monoisotopic (exact) mass is 451 g/mol. The molecule has 2 amide bonds. The fourth-order valence-corrected chi connectivity index (χ4v) is 3.42. The van der Waals surface area contributed by atoms with Crippen LogP contribution >= 0.6 is 0 Å². The second-order valence-electron chi connectivity index (χ2n) is 7.18. The quantitative estimate of drug-likeness (QED) is 0.390. The maximum atomic E-state index is 13.2. The lowest BCUT2D eigenvalue weighted by molar-refractivity contribution is -0.140. The molecule has 33 heavy (non-hydrogen) atoms. The summed E-state index contributed by atoms with van der Waals surface area (Å²) < 4.78 is 14.7. The van der Waals surface area contributed by atoms with Crippen molar-refractivity contribution in [1.29, 1.82) is 0 Å². The molecule has 0 fully saturated rings. The standard InChI is InChI=1S/C24H25N3O6/c1-31-19-14-27(18-11-9-17(10-12-18)22(25)26-24(30)33-3)23(29)21(19)16-7-4-15(5-8-16)6-13-20(28)32-2/h4-5,7-12H,6,13-14H2,1-3H3,(H2,25,26,30). The number of benzene rings is 2. The Labute approximate surface area is 191 Å². The topological polar surface area (TPSA) is 121 Å². The van der Waals surface area contributed by atoms with Crippen molar-refractivity contribution in [2.75, 3.05) is 32.8 Å². The smallest absolute Gasteiger partial charge is 0.435 e. The van der Waals surface area contributed by atoms with Crippen LogP contribution in [0.25, 0.3) is 5.57 Å². The number of amides is 2. The molecule has 1 aliphatic rings.